The number of ether oxygens (including phenoxy) is 1. The first-order valence-corrected chi connectivity index (χ1v) is 7.85. The second-order valence-electron chi connectivity index (χ2n) is 7.73. The highest BCUT2D eigenvalue weighted by Crippen LogP contribution is 2.71. The van der Waals surface area contributed by atoms with Gasteiger partial charge in [-0.05, 0) is 42.4 Å². The number of esters is 1. The Labute approximate surface area is 122 Å². The Bertz CT molecular complexity index is 414. The van der Waals surface area contributed by atoms with Gasteiger partial charge in [-0.1, -0.05) is 34.1 Å². The van der Waals surface area contributed by atoms with Crippen molar-refractivity contribution in [3.63, 3.8) is 0 Å². The number of hydrogen-bond acceptors (Lipinski definition) is 3. The summed E-state index contributed by atoms with van der Waals surface area (Å²) in [6.45, 7) is 11.2. The van der Waals surface area contributed by atoms with Crippen LogP contribution < -0.4 is 0 Å². The third-order valence-corrected chi connectivity index (χ3v) is 6.64. The Kier molecular flexibility index (Phi) is 3.77. The lowest BCUT2D eigenvalue weighted by atomic mass is 9.46. The Balaban J connectivity index is 2.51. The minimum Gasteiger partial charge on any atom is -0.466 e. The van der Waals surface area contributed by atoms with Gasteiger partial charge in [0.15, 0.2) is 0 Å². The molecule has 0 saturated heterocycles. The second-order valence-corrected chi connectivity index (χ2v) is 7.73. The molecule has 2 aliphatic carbocycles. The zero-order chi connectivity index (χ0) is 15.2. The SMILES string of the molecule is CCOC(=O)[C@@H]1[C@@H](C=O)C[C@@]2(C)CCCC(C)(C)[C@@]12C. The van der Waals surface area contributed by atoms with Crippen LogP contribution in [0.1, 0.15) is 60.3 Å². The summed E-state index contributed by atoms with van der Waals surface area (Å²) in [6, 6.07) is 0. The van der Waals surface area contributed by atoms with Crippen molar-refractivity contribution in [3.05, 3.63) is 0 Å². The van der Waals surface area contributed by atoms with Crippen LogP contribution in [0.4, 0.5) is 0 Å². The van der Waals surface area contributed by atoms with Gasteiger partial charge in [0, 0.05) is 5.92 Å². The number of rotatable bonds is 3. The summed E-state index contributed by atoms with van der Waals surface area (Å²) in [7, 11) is 0. The van der Waals surface area contributed by atoms with Gasteiger partial charge in [-0.15, -0.1) is 0 Å². The predicted octanol–water partition coefficient (Wildman–Crippen LogP) is 3.61. The molecule has 0 radical (unpaired) electrons. The highest BCUT2D eigenvalue weighted by atomic mass is 16.5. The van der Waals surface area contributed by atoms with Crippen LogP contribution in [0, 0.1) is 28.1 Å². The highest BCUT2D eigenvalue weighted by Gasteiger charge is 2.68. The smallest absolute Gasteiger partial charge is 0.310 e. The Morgan fingerprint density at radius 2 is 1.90 bits per heavy atom. The fourth-order valence-corrected chi connectivity index (χ4v) is 5.20. The largest absolute Gasteiger partial charge is 0.466 e. The summed E-state index contributed by atoms with van der Waals surface area (Å²) in [5, 5.41) is 0. The van der Waals surface area contributed by atoms with Crippen LogP contribution in [0.25, 0.3) is 0 Å². The lowest BCUT2D eigenvalue weighted by molar-refractivity contribution is -0.167. The maximum absolute atomic E-state index is 12.5. The van der Waals surface area contributed by atoms with E-state index in [2.05, 4.69) is 27.7 Å². The quantitative estimate of drug-likeness (QED) is 0.586. The Morgan fingerprint density at radius 1 is 1.25 bits per heavy atom. The van der Waals surface area contributed by atoms with Gasteiger partial charge >= 0.3 is 5.97 Å². The van der Waals surface area contributed by atoms with Gasteiger partial charge in [-0.3, -0.25) is 4.79 Å². The molecule has 0 aromatic carbocycles. The summed E-state index contributed by atoms with van der Waals surface area (Å²) in [5.74, 6) is -0.660. The van der Waals surface area contributed by atoms with Gasteiger partial charge in [0.25, 0.3) is 0 Å². The minimum atomic E-state index is -0.291. The van der Waals surface area contributed by atoms with E-state index >= 15 is 0 Å². The van der Waals surface area contributed by atoms with Crippen LogP contribution in [-0.2, 0) is 14.3 Å². The van der Waals surface area contributed by atoms with E-state index in [0.717, 1.165) is 25.5 Å². The molecule has 3 heteroatoms. The number of carbonyl (C=O) groups excluding carboxylic acids is 2. The third kappa shape index (κ3) is 1.85. The normalized spacial score (nSPS) is 42.9. The van der Waals surface area contributed by atoms with Gasteiger partial charge in [-0.2, -0.15) is 0 Å². The molecule has 0 bridgehead atoms. The van der Waals surface area contributed by atoms with Crippen molar-refractivity contribution in [3.8, 4) is 0 Å². The molecular weight excluding hydrogens is 252 g/mol. The molecule has 3 nitrogen and oxygen atoms in total. The summed E-state index contributed by atoms with van der Waals surface area (Å²) in [6.07, 6.45) is 5.21. The van der Waals surface area contributed by atoms with E-state index < -0.39 is 0 Å². The maximum Gasteiger partial charge on any atom is 0.310 e. The summed E-state index contributed by atoms with van der Waals surface area (Å²) < 4.78 is 5.31. The van der Waals surface area contributed by atoms with E-state index in [1.54, 1.807) is 0 Å². The number of aldehydes is 1. The van der Waals surface area contributed by atoms with Crippen LogP contribution in [0.15, 0.2) is 0 Å². The van der Waals surface area contributed by atoms with E-state index in [1.807, 2.05) is 6.92 Å². The van der Waals surface area contributed by atoms with Crippen LogP contribution in [0.3, 0.4) is 0 Å². The van der Waals surface area contributed by atoms with Gasteiger partial charge in [0.2, 0.25) is 0 Å². The first-order valence-electron chi connectivity index (χ1n) is 7.85. The zero-order valence-electron chi connectivity index (χ0n) is 13.5. The molecule has 2 rings (SSSR count). The lowest BCUT2D eigenvalue weighted by Crippen LogP contribution is -2.53. The molecule has 114 valence electrons. The molecule has 0 unspecified atom stereocenters. The monoisotopic (exact) mass is 280 g/mol. The lowest BCUT2D eigenvalue weighted by Gasteiger charge is -2.57. The van der Waals surface area contributed by atoms with Crippen LogP contribution in [0.5, 0.6) is 0 Å². The molecule has 0 aromatic heterocycles. The molecule has 2 fully saturated rings. The number of hydrogen-bond donors (Lipinski definition) is 0. The van der Waals surface area contributed by atoms with E-state index in [-0.39, 0.29) is 34.1 Å². The van der Waals surface area contributed by atoms with Crippen LogP contribution in [0.2, 0.25) is 0 Å². The number of carbonyl (C=O) groups is 2. The molecule has 2 saturated carbocycles. The Hall–Kier alpha value is -0.860. The van der Waals surface area contributed by atoms with Gasteiger partial charge in [-0.25, -0.2) is 0 Å². The fourth-order valence-electron chi connectivity index (χ4n) is 5.20. The minimum absolute atomic E-state index is 0.0508. The molecule has 0 amide bonds. The molecule has 0 spiro atoms. The Morgan fingerprint density at radius 3 is 2.45 bits per heavy atom. The van der Waals surface area contributed by atoms with E-state index in [0.29, 0.717) is 6.61 Å². The zero-order valence-corrected chi connectivity index (χ0v) is 13.5. The fraction of sp³-hybridized carbons (Fsp3) is 0.882. The first-order chi connectivity index (χ1) is 9.23. The van der Waals surface area contributed by atoms with Crippen molar-refractivity contribution < 1.29 is 14.3 Å². The summed E-state index contributed by atoms with van der Waals surface area (Å²) >= 11 is 0. The molecule has 0 heterocycles. The van der Waals surface area contributed by atoms with Crippen molar-refractivity contribution in [2.75, 3.05) is 6.61 Å². The average molecular weight is 280 g/mol. The number of fused-ring (bicyclic) bond motifs is 1. The first kappa shape index (κ1) is 15.5. The molecule has 2 aliphatic rings. The summed E-state index contributed by atoms with van der Waals surface area (Å²) in [4.78, 5) is 24.1. The van der Waals surface area contributed by atoms with Gasteiger partial charge in [0.05, 0.1) is 12.5 Å². The van der Waals surface area contributed by atoms with Crippen molar-refractivity contribution >= 4 is 12.3 Å². The second kappa shape index (κ2) is 4.85. The topological polar surface area (TPSA) is 43.4 Å². The van der Waals surface area contributed by atoms with E-state index in [1.165, 1.54) is 6.42 Å². The molecule has 0 N–H and O–H groups in total. The van der Waals surface area contributed by atoms with E-state index in [4.69, 9.17) is 4.74 Å². The molecule has 20 heavy (non-hydrogen) atoms. The van der Waals surface area contributed by atoms with Gasteiger partial charge < -0.3 is 9.53 Å². The van der Waals surface area contributed by atoms with Crippen molar-refractivity contribution in [2.45, 2.75) is 60.3 Å². The van der Waals surface area contributed by atoms with Crippen LogP contribution in [-0.4, -0.2) is 18.9 Å². The highest BCUT2D eigenvalue weighted by molar-refractivity contribution is 5.79. The van der Waals surface area contributed by atoms with Gasteiger partial charge in [0.1, 0.15) is 6.29 Å². The van der Waals surface area contributed by atoms with E-state index in [9.17, 15) is 9.59 Å². The molecule has 0 aromatic rings. The average Bonchev–Trinajstić information content (AvgIpc) is 2.60. The molecular formula is C17H28O3. The summed E-state index contributed by atoms with van der Waals surface area (Å²) in [5.41, 5.74) is -0.0664. The van der Waals surface area contributed by atoms with Crippen molar-refractivity contribution in [2.24, 2.45) is 28.1 Å². The predicted molar refractivity (Wildman–Crippen MR) is 78.1 cm³/mol. The maximum atomic E-state index is 12.5. The van der Waals surface area contributed by atoms with Crippen molar-refractivity contribution in [1.29, 1.82) is 0 Å². The molecule has 4 atom stereocenters. The van der Waals surface area contributed by atoms with Crippen molar-refractivity contribution in [1.82, 2.24) is 0 Å². The third-order valence-electron chi connectivity index (χ3n) is 6.64. The standard InChI is InChI=1S/C17H28O3/c1-6-20-14(19)13-12(11-18)10-16(4)9-7-8-15(2,3)17(13,16)5/h11-13H,6-10H2,1-5H3/t12-,13+,16-,17-/m1/s1. The van der Waals surface area contributed by atoms with Crippen LogP contribution >= 0.6 is 0 Å². The molecule has 0 aliphatic heterocycles.